The molecule has 0 bridgehead atoms. The highest BCUT2D eigenvalue weighted by Gasteiger charge is 2.31. The van der Waals surface area contributed by atoms with Gasteiger partial charge in [0.15, 0.2) is 11.5 Å². The van der Waals surface area contributed by atoms with Crippen LogP contribution in [0.1, 0.15) is 16.7 Å². The standard InChI is InChI=1S/C30H36ClN3O6S/c1-33(41(4,37)38)21-29(35)34(20-24-10-13-25(31)14-11-24)26(18-22-8-6-5-7-9-22)30(36)32-17-16-23-12-15-27(39-2)28(19-23)40-3/h5-15,19,26H,16-18,20-21H2,1-4H3,(H,32,36). The molecule has 0 aromatic heterocycles. The zero-order valence-corrected chi connectivity index (χ0v) is 25.2. The summed E-state index contributed by atoms with van der Waals surface area (Å²) in [4.78, 5) is 28.8. The Labute approximate surface area is 247 Å². The highest BCUT2D eigenvalue weighted by Crippen LogP contribution is 2.27. The van der Waals surface area contributed by atoms with Gasteiger partial charge in [-0.2, -0.15) is 4.31 Å². The van der Waals surface area contributed by atoms with Crippen LogP contribution in [0.15, 0.2) is 72.8 Å². The molecule has 0 radical (unpaired) electrons. The third kappa shape index (κ3) is 9.48. The summed E-state index contributed by atoms with van der Waals surface area (Å²) in [5, 5.41) is 3.51. The van der Waals surface area contributed by atoms with E-state index in [2.05, 4.69) is 5.32 Å². The number of benzene rings is 3. The maximum absolute atomic E-state index is 13.7. The number of carbonyl (C=O) groups is 2. The van der Waals surface area contributed by atoms with Crippen LogP contribution in [0.25, 0.3) is 0 Å². The number of nitrogens with zero attached hydrogens (tertiary/aromatic N) is 2. The van der Waals surface area contributed by atoms with Crippen LogP contribution in [0.5, 0.6) is 11.5 Å². The largest absolute Gasteiger partial charge is 0.493 e. The molecular weight excluding hydrogens is 566 g/mol. The molecule has 0 aliphatic heterocycles. The number of hydrogen-bond donors (Lipinski definition) is 1. The average molecular weight is 602 g/mol. The van der Waals surface area contributed by atoms with E-state index in [4.69, 9.17) is 21.1 Å². The van der Waals surface area contributed by atoms with Crippen molar-refractivity contribution in [2.45, 2.75) is 25.4 Å². The molecule has 0 fully saturated rings. The van der Waals surface area contributed by atoms with E-state index < -0.39 is 28.5 Å². The molecule has 9 nitrogen and oxygen atoms in total. The third-order valence-electron chi connectivity index (χ3n) is 6.62. The molecule has 41 heavy (non-hydrogen) atoms. The number of hydrogen-bond acceptors (Lipinski definition) is 6. The van der Waals surface area contributed by atoms with E-state index in [0.29, 0.717) is 29.5 Å². The third-order valence-corrected chi connectivity index (χ3v) is 8.14. The second-order valence-corrected chi connectivity index (χ2v) is 12.1. The van der Waals surface area contributed by atoms with Gasteiger partial charge in [0.1, 0.15) is 6.04 Å². The first-order chi connectivity index (χ1) is 19.5. The van der Waals surface area contributed by atoms with Crippen molar-refractivity contribution in [3.63, 3.8) is 0 Å². The van der Waals surface area contributed by atoms with Crippen molar-refractivity contribution in [3.8, 4) is 11.5 Å². The summed E-state index contributed by atoms with van der Waals surface area (Å²) >= 11 is 6.06. The minimum atomic E-state index is -3.62. The Morgan fingerprint density at radius 3 is 2.15 bits per heavy atom. The van der Waals surface area contributed by atoms with Gasteiger partial charge in [-0.3, -0.25) is 9.59 Å². The number of methoxy groups -OCH3 is 2. The van der Waals surface area contributed by atoms with E-state index in [1.807, 2.05) is 42.5 Å². The lowest BCUT2D eigenvalue weighted by atomic mass is 10.0. The smallest absolute Gasteiger partial charge is 0.243 e. The van der Waals surface area contributed by atoms with Crippen LogP contribution in [-0.2, 0) is 39.0 Å². The number of rotatable bonds is 14. The van der Waals surface area contributed by atoms with Crippen molar-refractivity contribution in [1.29, 1.82) is 0 Å². The Bertz CT molecular complexity index is 1420. The Kier molecular flexibility index (Phi) is 11.6. The zero-order chi connectivity index (χ0) is 30.0. The van der Waals surface area contributed by atoms with E-state index in [0.717, 1.165) is 27.3 Å². The molecule has 1 unspecified atom stereocenters. The molecule has 0 aliphatic rings. The summed E-state index contributed by atoms with van der Waals surface area (Å²) in [6.07, 6.45) is 1.79. The molecular formula is C30H36ClN3O6S. The first kappa shape index (κ1) is 31.9. The van der Waals surface area contributed by atoms with Crippen molar-refractivity contribution >= 4 is 33.4 Å². The second kappa shape index (κ2) is 14.9. The topological polar surface area (TPSA) is 105 Å². The number of sulfonamides is 1. The highest BCUT2D eigenvalue weighted by atomic mass is 35.5. The molecule has 2 amide bonds. The summed E-state index contributed by atoms with van der Waals surface area (Å²) in [7, 11) is 0.840. The van der Waals surface area contributed by atoms with Crippen molar-refractivity contribution in [1.82, 2.24) is 14.5 Å². The van der Waals surface area contributed by atoms with Crippen molar-refractivity contribution in [2.75, 3.05) is 40.6 Å². The molecule has 1 atom stereocenters. The maximum atomic E-state index is 13.7. The first-order valence-electron chi connectivity index (χ1n) is 13.0. The molecule has 0 heterocycles. The van der Waals surface area contributed by atoms with Crippen molar-refractivity contribution < 1.29 is 27.5 Å². The van der Waals surface area contributed by atoms with Crippen LogP contribution in [0.3, 0.4) is 0 Å². The van der Waals surface area contributed by atoms with Crippen LogP contribution in [-0.4, -0.2) is 76.1 Å². The fourth-order valence-corrected chi connectivity index (χ4v) is 4.69. The summed E-state index contributed by atoms with van der Waals surface area (Å²) in [6, 6.07) is 21.0. The first-order valence-corrected chi connectivity index (χ1v) is 15.2. The van der Waals surface area contributed by atoms with Crippen LogP contribution in [0.2, 0.25) is 5.02 Å². The number of halogens is 1. The molecule has 3 aromatic carbocycles. The molecule has 220 valence electrons. The fourth-order valence-electron chi connectivity index (χ4n) is 4.22. The quantitative estimate of drug-likeness (QED) is 0.303. The maximum Gasteiger partial charge on any atom is 0.243 e. The SMILES string of the molecule is COc1ccc(CCNC(=O)C(Cc2ccccc2)N(Cc2ccc(Cl)cc2)C(=O)CN(C)S(C)(=O)=O)cc1OC. The van der Waals surface area contributed by atoms with Gasteiger partial charge in [-0.05, 0) is 47.4 Å². The van der Waals surface area contributed by atoms with Crippen LogP contribution < -0.4 is 14.8 Å². The molecule has 11 heteroatoms. The zero-order valence-electron chi connectivity index (χ0n) is 23.7. The molecule has 3 aromatic rings. The minimum absolute atomic E-state index is 0.0915. The average Bonchev–Trinajstić information content (AvgIpc) is 2.95. The molecule has 0 saturated heterocycles. The van der Waals surface area contributed by atoms with E-state index in [9.17, 15) is 18.0 Å². The molecule has 0 spiro atoms. The van der Waals surface area contributed by atoms with E-state index >= 15 is 0 Å². The van der Waals surface area contributed by atoms with Gasteiger partial charge >= 0.3 is 0 Å². The Morgan fingerprint density at radius 2 is 1.54 bits per heavy atom. The van der Waals surface area contributed by atoms with Gasteiger partial charge in [0.05, 0.1) is 27.0 Å². The van der Waals surface area contributed by atoms with E-state index in [1.54, 1.807) is 44.6 Å². The van der Waals surface area contributed by atoms with Crippen molar-refractivity contribution in [3.05, 3.63) is 94.5 Å². The van der Waals surface area contributed by atoms with Crippen LogP contribution in [0.4, 0.5) is 0 Å². The lowest BCUT2D eigenvalue weighted by Gasteiger charge is -2.32. The summed E-state index contributed by atoms with van der Waals surface area (Å²) in [6.45, 7) is -0.00331. The lowest BCUT2D eigenvalue weighted by molar-refractivity contribution is -0.141. The number of likely N-dealkylation sites (N-methyl/N-ethyl adjacent to an activating group) is 1. The fraction of sp³-hybridized carbons (Fsp3) is 0.333. The predicted molar refractivity (Wildman–Crippen MR) is 160 cm³/mol. The van der Waals surface area contributed by atoms with Gasteiger partial charge in [0, 0.05) is 31.6 Å². The van der Waals surface area contributed by atoms with Gasteiger partial charge < -0.3 is 19.7 Å². The number of amides is 2. The Morgan fingerprint density at radius 1 is 0.902 bits per heavy atom. The lowest BCUT2D eigenvalue weighted by Crippen LogP contribution is -2.53. The summed E-state index contributed by atoms with van der Waals surface area (Å²) < 4.78 is 35.8. The van der Waals surface area contributed by atoms with Gasteiger partial charge in [-0.15, -0.1) is 0 Å². The number of ether oxygens (including phenoxy) is 2. The molecule has 0 aliphatic carbocycles. The van der Waals surface area contributed by atoms with E-state index in [-0.39, 0.29) is 18.9 Å². The highest BCUT2D eigenvalue weighted by molar-refractivity contribution is 7.88. The number of nitrogens with one attached hydrogen (secondary N) is 1. The van der Waals surface area contributed by atoms with Gasteiger partial charge in [-0.1, -0.05) is 60.1 Å². The summed E-state index contributed by atoms with van der Waals surface area (Å²) in [5.74, 6) is 0.356. The van der Waals surface area contributed by atoms with Crippen LogP contribution >= 0.6 is 11.6 Å². The summed E-state index contributed by atoms with van der Waals surface area (Å²) in [5.41, 5.74) is 2.55. The Balaban J connectivity index is 1.88. The van der Waals surface area contributed by atoms with Gasteiger partial charge in [0.25, 0.3) is 0 Å². The second-order valence-electron chi connectivity index (χ2n) is 9.60. The number of carbonyl (C=O) groups excluding carboxylic acids is 2. The van der Waals surface area contributed by atoms with E-state index in [1.165, 1.54) is 11.9 Å². The van der Waals surface area contributed by atoms with Crippen LogP contribution in [0, 0.1) is 0 Å². The van der Waals surface area contributed by atoms with Crippen molar-refractivity contribution in [2.24, 2.45) is 0 Å². The molecule has 1 N–H and O–H groups in total. The van der Waals surface area contributed by atoms with Gasteiger partial charge in [0.2, 0.25) is 21.8 Å². The predicted octanol–water partition coefficient (Wildman–Crippen LogP) is 3.55. The Hall–Kier alpha value is -3.60. The minimum Gasteiger partial charge on any atom is -0.493 e. The molecule has 0 saturated carbocycles. The normalized spacial score (nSPS) is 12.0. The van der Waals surface area contributed by atoms with Gasteiger partial charge in [-0.25, -0.2) is 8.42 Å². The molecule has 3 rings (SSSR count). The monoisotopic (exact) mass is 601 g/mol.